The zero-order valence-electron chi connectivity index (χ0n) is 21.5. The molecule has 13 heteroatoms. The number of methoxy groups -OCH3 is 3. The number of carbonyl (C=O) groups is 2. The first kappa shape index (κ1) is 28.6. The molecule has 0 bridgehead atoms. The van der Waals surface area contributed by atoms with Crippen LogP contribution in [0.3, 0.4) is 0 Å². The summed E-state index contributed by atoms with van der Waals surface area (Å²) in [6.07, 6.45) is 0.0401. The molecule has 1 N–H and O–H groups in total. The van der Waals surface area contributed by atoms with Crippen LogP contribution in [0.5, 0.6) is 11.8 Å². The van der Waals surface area contributed by atoms with Gasteiger partial charge in [0.05, 0.1) is 33.1 Å². The van der Waals surface area contributed by atoms with Gasteiger partial charge >= 0.3 is 5.97 Å². The molecule has 0 saturated carbocycles. The Morgan fingerprint density at radius 3 is 2.03 bits per heavy atom. The van der Waals surface area contributed by atoms with Gasteiger partial charge in [0.15, 0.2) is 0 Å². The third-order valence-corrected chi connectivity index (χ3v) is 6.44. The number of amides is 1. The molecular weight excluding hydrogens is 490 g/mol. The number of sulfonamides is 1. The third-order valence-electron chi connectivity index (χ3n) is 4.85. The lowest BCUT2D eigenvalue weighted by atomic mass is 10.1. The fourth-order valence-corrected chi connectivity index (χ4v) is 4.69. The zero-order valence-corrected chi connectivity index (χ0v) is 22.3. The van der Waals surface area contributed by atoms with Gasteiger partial charge in [-0.3, -0.25) is 4.79 Å². The monoisotopic (exact) mass is 523 g/mol. The van der Waals surface area contributed by atoms with Gasteiger partial charge in [0.1, 0.15) is 10.5 Å². The second-order valence-corrected chi connectivity index (χ2v) is 10.4. The molecule has 2 rings (SSSR count). The molecule has 0 radical (unpaired) electrons. The number of nitrogens with zero attached hydrogens (tertiary/aromatic N) is 4. The van der Waals surface area contributed by atoms with E-state index >= 15 is 0 Å². The number of hydrogen-bond acceptors (Lipinski definition) is 11. The largest absolute Gasteiger partial charge is 0.481 e. The average molecular weight is 524 g/mol. The van der Waals surface area contributed by atoms with E-state index in [2.05, 4.69) is 15.4 Å². The van der Waals surface area contributed by atoms with Gasteiger partial charge in [0, 0.05) is 13.1 Å². The van der Waals surface area contributed by atoms with Crippen LogP contribution in [0.15, 0.2) is 29.2 Å². The van der Waals surface area contributed by atoms with Crippen LogP contribution in [0.2, 0.25) is 0 Å². The summed E-state index contributed by atoms with van der Waals surface area (Å²) in [6.45, 7) is 9.22. The summed E-state index contributed by atoms with van der Waals surface area (Å²) >= 11 is 0. The molecule has 0 atom stereocenters. The van der Waals surface area contributed by atoms with Crippen LogP contribution in [0, 0.1) is 11.8 Å². The number of anilines is 2. The average Bonchev–Trinajstić information content (AvgIpc) is 2.84. The minimum Gasteiger partial charge on any atom is -0.481 e. The molecule has 0 saturated heterocycles. The Hall–Kier alpha value is -3.61. The maximum Gasteiger partial charge on any atom is 0.341 e. The lowest BCUT2D eigenvalue weighted by molar-refractivity contribution is -0.113. The van der Waals surface area contributed by atoms with Crippen LogP contribution in [-0.4, -0.2) is 69.6 Å². The molecule has 0 fully saturated rings. The molecule has 1 aromatic heterocycles. The number of hydrogen-bond donors (Lipinski definition) is 1. The van der Waals surface area contributed by atoms with E-state index in [4.69, 9.17) is 14.2 Å². The number of esters is 1. The van der Waals surface area contributed by atoms with E-state index < -0.39 is 20.9 Å². The molecule has 1 aromatic carbocycles. The molecular formula is C23H33N5O7S. The molecule has 0 aliphatic carbocycles. The molecule has 1 amide bonds. The van der Waals surface area contributed by atoms with Gasteiger partial charge in [0.2, 0.25) is 24.1 Å². The summed E-state index contributed by atoms with van der Waals surface area (Å²) in [5.74, 6) is -0.540. The number of nitrogens with one attached hydrogen (secondary N) is 1. The molecule has 0 aliphatic rings. The lowest BCUT2D eigenvalue weighted by Crippen LogP contribution is -2.38. The summed E-state index contributed by atoms with van der Waals surface area (Å²) in [5.41, 5.74) is 2.55. The number of benzene rings is 1. The van der Waals surface area contributed by atoms with Gasteiger partial charge in [-0.25, -0.2) is 10.2 Å². The van der Waals surface area contributed by atoms with E-state index in [1.54, 1.807) is 6.07 Å². The number of rotatable bonds is 13. The van der Waals surface area contributed by atoms with E-state index in [-0.39, 0.29) is 45.9 Å². The van der Waals surface area contributed by atoms with E-state index in [0.717, 1.165) is 7.11 Å². The van der Waals surface area contributed by atoms with Crippen molar-refractivity contribution in [3.63, 3.8) is 0 Å². The Morgan fingerprint density at radius 1 is 1.03 bits per heavy atom. The SMILES string of the molecule is COC(=O)c1c(N(CC(C)C)CC(C)C)cccc1S(=O)(=O)N(C=O)Nc1nc(OC)cc(OC)n1. The van der Waals surface area contributed by atoms with E-state index in [1.807, 2.05) is 32.6 Å². The molecule has 1 heterocycles. The van der Waals surface area contributed by atoms with Crippen molar-refractivity contribution in [1.82, 2.24) is 14.4 Å². The quantitative estimate of drug-likeness (QED) is 0.235. The Labute approximate surface area is 211 Å². The topological polar surface area (TPSA) is 140 Å². The van der Waals surface area contributed by atoms with Gasteiger partial charge < -0.3 is 19.1 Å². The van der Waals surface area contributed by atoms with Crippen LogP contribution in [0.1, 0.15) is 38.1 Å². The summed E-state index contributed by atoms with van der Waals surface area (Å²) < 4.78 is 42.6. The highest BCUT2D eigenvalue weighted by Crippen LogP contribution is 2.31. The number of ether oxygens (including phenoxy) is 3. The Morgan fingerprint density at radius 2 is 1.58 bits per heavy atom. The van der Waals surface area contributed by atoms with Crippen LogP contribution in [-0.2, 0) is 19.6 Å². The molecule has 0 unspecified atom stereocenters. The smallest absolute Gasteiger partial charge is 0.341 e. The summed E-state index contributed by atoms with van der Waals surface area (Å²) in [5, 5.41) is 0. The summed E-state index contributed by atoms with van der Waals surface area (Å²) in [4.78, 5) is 34.4. The number of aromatic nitrogens is 2. The highest BCUT2D eigenvalue weighted by molar-refractivity contribution is 7.89. The summed E-state index contributed by atoms with van der Waals surface area (Å²) in [7, 11) is -0.748. The second-order valence-electron chi connectivity index (χ2n) is 8.63. The standard InChI is InChI=1S/C23H33N5O7S/c1-15(2)12-27(13-16(3)4)17-9-8-10-18(21(17)22(30)35-7)36(31,32)28(14-29)26-23-24-19(33-5)11-20(25-23)34-6/h8-11,14-16H,12-13H2,1-7H3,(H,24,25,26). The van der Waals surface area contributed by atoms with Crippen molar-refractivity contribution in [1.29, 1.82) is 0 Å². The molecule has 12 nitrogen and oxygen atoms in total. The van der Waals surface area contributed by atoms with Crippen LogP contribution in [0.25, 0.3) is 0 Å². The van der Waals surface area contributed by atoms with Crippen molar-refractivity contribution in [3.8, 4) is 11.8 Å². The zero-order chi connectivity index (χ0) is 27.0. The Kier molecular flexibility index (Phi) is 9.84. The molecule has 198 valence electrons. The van der Waals surface area contributed by atoms with Crippen molar-refractivity contribution in [2.24, 2.45) is 11.8 Å². The normalized spacial score (nSPS) is 11.2. The van der Waals surface area contributed by atoms with Crippen LogP contribution < -0.4 is 19.8 Å². The number of carbonyl (C=O) groups excluding carboxylic acids is 2. The fourth-order valence-electron chi connectivity index (χ4n) is 3.47. The predicted octanol–water partition coefficient (Wildman–Crippen LogP) is 2.57. The van der Waals surface area contributed by atoms with Crippen LogP contribution >= 0.6 is 0 Å². The Bertz CT molecular complexity index is 1140. The molecule has 0 spiro atoms. The van der Waals surface area contributed by atoms with Crippen molar-refractivity contribution < 1.29 is 32.2 Å². The molecule has 0 aliphatic heterocycles. The van der Waals surface area contributed by atoms with Crippen molar-refractivity contribution in [2.75, 3.05) is 44.7 Å². The molecule has 2 aromatic rings. The van der Waals surface area contributed by atoms with Crippen molar-refractivity contribution in [2.45, 2.75) is 32.6 Å². The lowest BCUT2D eigenvalue weighted by Gasteiger charge is -2.31. The second kappa shape index (κ2) is 12.4. The molecule has 36 heavy (non-hydrogen) atoms. The van der Waals surface area contributed by atoms with Gasteiger partial charge in [-0.15, -0.1) is 4.41 Å². The first-order valence-corrected chi connectivity index (χ1v) is 12.6. The fraction of sp³-hybridized carbons (Fsp3) is 0.478. The van der Waals surface area contributed by atoms with Gasteiger partial charge in [-0.05, 0) is 24.0 Å². The van der Waals surface area contributed by atoms with E-state index in [1.165, 1.54) is 32.4 Å². The Balaban J connectivity index is 2.65. The minimum absolute atomic E-state index is 0.0401. The van der Waals surface area contributed by atoms with Gasteiger partial charge in [-0.1, -0.05) is 33.8 Å². The highest BCUT2D eigenvalue weighted by Gasteiger charge is 2.33. The van der Waals surface area contributed by atoms with E-state index in [9.17, 15) is 18.0 Å². The van der Waals surface area contributed by atoms with E-state index in [0.29, 0.717) is 18.8 Å². The summed E-state index contributed by atoms with van der Waals surface area (Å²) in [6, 6.07) is 5.78. The predicted molar refractivity (Wildman–Crippen MR) is 134 cm³/mol. The van der Waals surface area contributed by atoms with Gasteiger partial charge in [0.25, 0.3) is 10.0 Å². The third kappa shape index (κ3) is 6.74. The first-order valence-electron chi connectivity index (χ1n) is 11.2. The van der Waals surface area contributed by atoms with Crippen molar-refractivity contribution >= 4 is 34.0 Å². The van der Waals surface area contributed by atoms with Crippen LogP contribution in [0.4, 0.5) is 11.6 Å². The first-order chi connectivity index (χ1) is 17.0. The van der Waals surface area contributed by atoms with Crippen molar-refractivity contribution in [3.05, 3.63) is 29.8 Å². The minimum atomic E-state index is -4.62. The highest BCUT2D eigenvalue weighted by atomic mass is 32.2. The number of hydrazine groups is 1. The maximum atomic E-state index is 13.6. The maximum absolute atomic E-state index is 13.6. The van der Waals surface area contributed by atoms with Gasteiger partial charge in [-0.2, -0.15) is 18.4 Å².